The van der Waals surface area contributed by atoms with Crippen molar-refractivity contribution < 1.29 is 14.3 Å². The predicted octanol–water partition coefficient (Wildman–Crippen LogP) is 0.842. The van der Waals surface area contributed by atoms with Gasteiger partial charge in [0.2, 0.25) is 0 Å². The predicted molar refractivity (Wildman–Crippen MR) is 63.9 cm³/mol. The summed E-state index contributed by atoms with van der Waals surface area (Å²) in [5, 5.41) is 3.32. The Morgan fingerprint density at radius 1 is 1.41 bits per heavy atom. The third kappa shape index (κ3) is 3.33. The van der Waals surface area contributed by atoms with Gasteiger partial charge in [-0.3, -0.25) is 0 Å². The van der Waals surface area contributed by atoms with Gasteiger partial charge in [0.25, 0.3) is 0 Å². The summed E-state index contributed by atoms with van der Waals surface area (Å²) in [7, 11) is 0. The van der Waals surface area contributed by atoms with E-state index in [9.17, 15) is 4.79 Å². The van der Waals surface area contributed by atoms with E-state index in [1.165, 1.54) is 0 Å². The highest BCUT2D eigenvalue weighted by atomic mass is 16.6. The Hall–Kier alpha value is -0.810. The number of rotatable bonds is 0. The maximum Gasteiger partial charge on any atom is 0.410 e. The molecule has 5 heteroatoms. The zero-order chi connectivity index (χ0) is 12.5. The fourth-order valence-corrected chi connectivity index (χ4v) is 2.27. The molecule has 2 heterocycles. The van der Waals surface area contributed by atoms with Crippen molar-refractivity contribution in [3.05, 3.63) is 0 Å². The molecule has 0 saturated carbocycles. The van der Waals surface area contributed by atoms with Crippen LogP contribution in [-0.4, -0.2) is 55.5 Å². The van der Waals surface area contributed by atoms with Crippen molar-refractivity contribution in [1.29, 1.82) is 0 Å². The summed E-state index contributed by atoms with van der Waals surface area (Å²) in [5.74, 6) is 0.394. The Morgan fingerprint density at radius 2 is 2.18 bits per heavy atom. The lowest BCUT2D eigenvalue weighted by molar-refractivity contribution is 0.0214. The lowest BCUT2D eigenvalue weighted by Gasteiger charge is -2.24. The Labute approximate surface area is 102 Å². The standard InChI is InChI=1S/C12H22N2O3/c1-12(2,3)17-11(15)14-7-9-6-13-4-5-16-10(9)8-14/h9-10,13H,4-8H2,1-3H3/t9-,10+/m0/s1. The minimum absolute atomic E-state index is 0.164. The lowest BCUT2D eigenvalue weighted by atomic mass is 10.1. The van der Waals surface area contributed by atoms with E-state index in [2.05, 4.69) is 5.32 Å². The first-order chi connectivity index (χ1) is 7.96. The zero-order valence-electron chi connectivity index (χ0n) is 10.9. The van der Waals surface area contributed by atoms with E-state index in [1.54, 1.807) is 4.90 Å². The van der Waals surface area contributed by atoms with Gasteiger partial charge in [0.15, 0.2) is 0 Å². The summed E-state index contributed by atoms with van der Waals surface area (Å²) in [6, 6.07) is 0. The van der Waals surface area contributed by atoms with Gasteiger partial charge in [0.05, 0.1) is 19.3 Å². The maximum atomic E-state index is 11.9. The summed E-state index contributed by atoms with van der Waals surface area (Å²) in [6.07, 6.45) is -0.0632. The Morgan fingerprint density at radius 3 is 2.88 bits per heavy atom. The summed E-state index contributed by atoms with van der Waals surface area (Å²) >= 11 is 0. The molecule has 0 bridgehead atoms. The third-order valence-corrected chi connectivity index (χ3v) is 3.05. The Kier molecular flexibility index (Phi) is 3.58. The molecule has 2 aliphatic rings. The van der Waals surface area contributed by atoms with Crippen molar-refractivity contribution in [1.82, 2.24) is 10.2 Å². The molecular formula is C12H22N2O3. The van der Waals surface area contributed by atoms with Crippen LogP contribution in [0.15, 0.2) is 0 Å². The smallest absolute Gasteiger partial charge is 0.410 e. The highest BCUT2D eigenvalue weighted by molar-refractivity contribution is 5.68. The number of carbonyl (C=O) groups is 1. The second-order valence-electron chi connectivity index (χ2n) is 5.76. The third-order valence-electron chi connectivity index (χ3n) is 3.05. The quantitative estimate of drug-likeness (QED) is 0.684. The summed E-state index contributed by atoms with van der Waals surface area (Å²) in [4.78, 5) is 13.7. The van der Waals surface area contributed by atoms with E-state index in [4.69, 9.17) is 9.47 Å². The molecule has 0 unspecified atom stereocenters. The largest absolute Gasteiger partial charge is 0.444 e. The molecule has 0 aliphatic carbocycles. The Balaban J connectivity index is 1.90. The molecule has 2 atom stereocenters. The van der Waals surface area contributed by atoms with Crippen molar-refractivity contribution in [2.24, 2.45) is 5.92 Å². The average molecular weight is 242 g/mol. The monoisotopic (exact) mass is 242 g/mol. The zero-order valence-corrected chi connectivity index (χ0v) is 10.9. The number of fused-ring (bicyclic) bond motifs is 1. The topological polar surface area (TPSA) is 50.8 Å². The summed E-state index contributed by atoms with van der Waals surface area (Å²) in [6.45, 7) is 9.59. The van der Waals surface area contributed by atoms with Crippen LogP contribution in [-0.2, 0) is 9.47 Å². The van der Waals surface area contributed by atoms with Crippen LogP contribution in [0.4, 0.5) is 4.79 Å². The van der Waals surface area contributed by atoms with Gasteiger partial charge in [-0.2, -0.15) is 0 Å². The van der Waals surface area contributed by atoms with E-state index in [1.807, 2.05) is 20.8 Å². The van der Waals surface area contributed by atoms with Gasteiger partial charge in [0, 0.05) is 25.6 Å². The fraction of sp³-hybridized carbons (Fsp3) is 0.917. The molecule has 0 aromatic carbocycles. The minimum Gasteiger partial charge on any atom is -0.444 e. The molecule has 1 N–H and O–H groups in total. The molecular weight excluding hydrogens is 220 g/mol. The fourth-order valence-electron chi connectivity index (χ4n) is 2.27. The van der Waals surface area contributed by atoms with Crippen molar-refractivity contribution in [2.45, 2.75) is 32.5 Å². The average Bonchev–Trinajstić information content (AvgIpc) is 2.48. The molecule has 5 nitrogen and oxygen atoms in total. The molecule has 2 aliphatic heterocycles. The molecule has 98 valence electrons. The molecule has 0 radical (unpaired) electrons. The van der Waals surface area contributed by atoms with Gasteiger partial charge in [-0.1, -0.05) is 0 Å². The molecule has 2 rings (SSSR count). The SMILES string of the molecule is CC(C)(C)OC(=O)N1C[C@@H]2CNCCO[C@@H]2C1. The van der Waals surface area contributed by atoms with E-state index < -0.39 is 5.60 Å². The number of hydrogen-bond donors (Lipinski definition) is 1. The summed E-state index contributed by atoms with van der Waals surface area (Å²) in [5.41, 5.74) is -0.430. The second kappa shape index (κ2) is 4.82. The van der Waals surface area contributed by atoms with Crippen LogP contribution in [0.5, 0.6) is 0 Å². The number of nitrogens with one attached hydrogen (secondary N) is 1. The molecule has 0 spiro atoms. The van der Waals surface area contributed by atoms with Gasteiger partial charge < -0.3 is 19.7 Å². The number of nitrogens with zero attached hydrogens (tertiary/aromatic N) is 1. The van der Waals surface area contributed by atoms with Gasteiger partial charge in [0.1, 0.15) is 5.60 Å². The minimum atomic E-state index is -0.430. The van der Waals surface area contributed by atoms with Crippen LogP contribution in [0.2, 0.25) is 0 Å². The first-order valence-corrected chi connectivity index (χ1v) is 6.26. The first kappa shape index (κ1) is 12.6. The van der Waals surface area contributed by atoms with E-state index in [0.29, 0.717) is 12.5 Å². The van der Waals surface area contributed by atoms with Crippen molar-refractivity contribution >= 4 is 6.09 Å². The number of carbonyl (C=O) groups excluding carboxylic acids is 1. The normalized spacial score (nSPS) is 29.7. The van der Waals surface area contributed by atoms with Crippen LogP contribution in [0.3, 0.4) is 0 Å². The van der Waals surface area contributed by atoms with Crippen molar-refractivity contribution in [3.8, 4) is 0 Å². The number of hydrogen-bond acceptors (Lipinski definition) is 4. The van der Waals surface area contributed by atoms with Crippen LogP contribution >= 0.6 is 0 Å². The number of ether oxygens (including phenoxy) is 2. The molecule has 17 heavy (non-hydrogen) atoms. The van der Waals surface area contributed by atoms with Crippen LogP contribution < -0.4 is 5.32 Å². The van der Waals surface area contributed by atoms with Gasteiger partial charge >= 0.3 is 6.09 Å². The molecule has 2 fully saturated rings. The van der Waals surface area contributed by atoms with Crippen molar-refractivity contribution in [2.75, 3.05) is 32.8 Å². The van der Waals surface area contributed by atoms with E-state index in [0.717, 1.165) is 26.2 Å². The second-order valence-corrected chi connectivity index (χ2v) is 5.76. The van der Waals surface area contributed by atoms with Gasteiger partial charge in [-0.25, -0.2) is 4.79 Å². The highest BCUT2D eigenvalue weighted by Crippen LogP contribution is 2.22. The molecule has 0 aromatic heterocycles. The van der Waals surface area contributed by atoms with E-state index in [-0.39, 0.29) is 12.2 Å². The molecule has 2 saturated heterocycles. The van der Waals surface area contributed by atoms with Crippen molar-refractivity contribution in [3.63, 3.8) is 0 Å². The van der Waals surface area contributed by atoms with Gasteiger partial charge in [-0.05, 0) is 20.8 Å². The van der Waals surface area contributed by atoms with E-state index >= 15 is 0 Å². The molecule has 1 amide bonds. The van der Waals surface area contributed by atoms with Crippen LogP contribution in [0.25, 0.3) is 0 Å². The van der Waals surface area contributed by atoms with Crippen LogP contribution in [0, 0.1) is 5.92 Å². The molecule has 0 aromatic rings. The maximum absolute atomic E-state index is 11.9. The highest BCUT2D eigenvalue weighted by Gasteiger charge is 2.38. The lowest BCUT2D eigenvalue weighted by Crippen LogP contribution is -2.36. The first-order valence-electron chi connectivity index (χ1n) is 6.26. The number of likely N-dealkylation sites (tertiary alicyclic amines) is 1. The summed E-state index contributed by atoms with van der Waals surface area (Å²) < 4.78 is 11.1. The number of amides is 1. The van der Waals surface area contributed by atoms with Gasteiger partial charge in [-0.15, -0.1) is 0 Å². The van der Waals surface area contributed by atoms with Crippen LogP contribution in [0.1, 0.15) is 20.8 Å². The Bertz CT molecular complexity index is 274.